The Kier molecular flexibility index (Phi) is 4.95. The molecule has 1 aromatic rings. The fourth-order valence-electron chi connectivity index (χ4n) is 2.95. The third-order valence-corrected chi connectivity index (χ3v) is 4.40. The van der Waals surface area contributed by atoms with E-state index in [0.717, 1.165) is 31.1 Å². The molecule has 0 aromatic heterocycles. The summed E-state index contributed by atoms with van der Waals surface area (Å²) in [4.78, 5) is 14.5. The molecule has 20 heavy (non-hydrogen) atoms. The minimum atomic E-state index is 0. The molecule has 1 aromatic carbocycles. The Hall–Kier alpha value is -0.770. The third kappa shape index (κ3) is 3.11. The fraction of sp³-hybridized carbons (Fsp3) is 0.533. The van der Waals surface area contributed by atoms with E-state index in [1.807, 2.05) is 23.1 Å². The van der Waals surface area contributed by atoms with Gasteiger partial charge in [-0.05, 0) is 37.0 Å². The van der Waals surface area contributed by atoms with Gasteiger partial charge in [-0.1, -0.05) is 23.7 Å². The molecule has 1 saturated carbocycles. The van der Waals surface area contributed by atoms with Crippen LogP contribution in [0.5, 0.6) is 0 Å². The lowest BCUT2D eigenvalue weighted by atomic mass is 10.1. The maximum Gasteiger partial charge on any atom is 0.226 e. The van der Waals surface area contributed by atoms with Crippen molar-refractivity contribution in [3.63, 3.8) is 0 Å². The fourth-order valence-corrected chi connectivity index (χ4v) is 3.15. The number of nitrogens with zero attached hydrogens (tertiary/aromatic N) is 1. The first-order valence-electron chi connectivity index (χ1n) is 6.93. The summed E-state index contributed by atoms with van der Waals surface area (Å²) in [7, 11) is 0. The average molecular weight is 315 g/mol. The van der Waals surface area contributed by atoms with Crippen LogP contribution in [0.3, 0.4) is 0 Å². The molecule has 1 aliphatic carbocycles. The number of hydrogen-bond donors (Lipinski definition) is 1. The van der Waals surface area contributed by atoms with Crippen molar-refractivity contribution in [3.8, 4) is 0 Å². The van der Waals surface area contributed by atoms with E-state index >= 15 is 0 Å². The molecular formula is C15H20Cl2N2O. The topological polar surface area (TPSA) is 32.3 Å². The molecule has 2 fully saturated rings. The number of rotatable bonds is 2. The zero-order valence-electron chi connectivity index (χ0n) is 11.5. The number of nitrogens with one attached hydrogen (secondary N) is 1. The molecule has 0 radical (unpaired) electrons. The van der Waals surface area contributed by atoms with Crippen LogP contribution in [0.1, 0.15) is 24.8 Å². The summed E-state index contributed by atoms with van der Waals surface area (Å²) < 4.78 is 0. The molecule has 5 heteroatoms. The van der Waals surface area contributed by atoms with Gasteiger partial charge in [0.2, 0.25) is 5.91 Å². The first kappa shape index (κ1) is 15.6. The Balaban J connectivity index is 0.00000147. The van der Waals surface area contributed by atoms with E-state index in [0.29, 0.717) is 17.9 Å². The van der Waals surface area contributed by atoms with Crippen molar-refractivity contribution >= 4 is 29.9 Å². The molecular weight excluding hydrogens is 295 g/mol. The summed E-state index contributed by atoms with van der Waals surface area (Å²) in [6, 6.07) is 8.21. The highest BCUT2D eigenvalue weighted by molar-refractivity contribution is 6.30. The number of carbonyl (C=O) groups excluding carboxylic acids is 1. The van der Waals surface area contributed by atoms with Crippen LogP contribution in [0, 0.1) is 5.92 Å². The molecule has 1 N–H and O–H groups in total. The van der Waals surface area contributed by atoms with Crippen molar-refractivity contribution in [2.75, 3.05) is 19.6 Å². The quantitative estimate of drug-likeness (QED) is 0.910. The highest BCUT2D eigenvalue weighted by Gasteiger charge is 2.46. The number of benzene rings is 1. The highest BCUT2D eigenvalue weighted by atomic mass is 35.5. The normalized spacial score (nSPS) is 28.7. The number of hydrogen-bond acceptors (Lipinski definition) is 2. The van der Waals surface area contributed by atoms with Crippen molar-refractivity contribution in [2.24, 2.45) is 5.92 Å². The molecule has 3 nitrogen and oxygen atoms in total. The van der Waals surface area contributed by atoms with Gasteiger partial charge in [-0.25, -0.2) is 0 Å². The molecule has 2 aliphatic rings. The number of amides is 1. The van der Waals surface area contributed by atoms with E-state index in [2.05, 4.69) is 18.3 Å². The minimum Gasteiger partial charge on any atom is -0.337 e. The van der Waals surface area contributed by atoms with E-state index < -0.39 is 0 Å². The summed E-state index contributed by atoms with van der Waals surface area (Å²) in [5, 5.41) is 4.07. The Bertz CT molecular complexity index is 495. The maximum atomic E-state index is 12.5. The Morgan fingerprint density at radius 2 is 2.25 bits per heavy atom. The van der Waals surface area contributed by atoms with E-state index in [-0.39, 0.29) is 18.3 Å². The Labute approximate surface area is 131 Å². The standard InChI is InChI=1S/C15H19ClN2O.ClH/c1-10-9-17-5-6-18(10)15(19)14-8-13(14)11-3-2-4-12(16)7-11;/h2-4,7,10,13-14,17H,5-6,8-9H2,1H3;1H/t10-,13?,14?;/m0./s1. The van der Waals surface area contributed by atoms with Gasteiger partial charge in [0.15, 0.2) is 0 Å². The van der Waals surface area contributed by atoms with Gasteiger partial charge in [0, 0.05) is 36.6 Å². The van der Waals surface area contributed by atoms with Gasteiger partial charge < -0.3 is 10.2 Å². The molecule has 2 unspecified atom stereocenters. The van der Waals surface area contributed by atoms with Gasteiger partial charge in [0.05, 0.1) is 0 Å². The van der Waals surface area contributed by atoms with Crippen molar-refractivity contribution in [1.29, 1.82) is 0 Å². The lowest BCUT2D eigenvalue weighted by molar-refractivity contribution is -0.135. The van der Waals surface area contributed by atoms with Gasteiger partial charge in [-0.15, -0.1) is 12.4 Å². The second kappa shape index (κ2) is 6.33. The predicted molar refractivity (Wildman–Crippen MR) is 83.6 cm³/mol. The summed E-state index contributed by atoms with van der Waals surface area (Å²) in [5.41, 5.74) is 1.20. The molecule has 0 bridgehead atoms. The van der Waals surface area contributed by atoms with Crippen LogP contribution < -0.4 is 5.32 Å². The van der Waals surface area contributed by atoms with Crippen LogP contribution in [-0.2, 0) is 4.79 Å². The molecule has 1 saturated heterocycles. The molecule has 1 amide bonds. The molecule has 3 atom stereocenters. The number of piperazine rings is 1. The van der Waals surface area contributed by atoms with Crippen LogP contribution in [0.4, 0.5) is 0 Å². The van der Waals surface area contributed by atoms with Crippen LogP contribution in [-0.4, -0.2) is 36.5 Å². The molecule has 0 spiro atoms. The summed E-state index contributed by atoms with van der Waals surface area (Å²) in [6.07, 6.45) is 0.968. The van der Waals surface area contributed by atoms with E-state index in [9.17, 15) is 4.79 Å². The monoisotopic (exact) mass is 314 g/mol. The van der Waals surface area contributed by atoms with Crippen molar-refractivity contribution < 1.29 is 4.79 Å². The zero-order chi connectivity index (χ0) is 13.4. The second-order valence-electron chi connectivity index (χ2n) is 5.59. The van der Waals surface area contributed by atoms with Gasteiger partial charge >= 0.3 is 0 Å². The van der Waals surface area contributed by atoms with Crippen LogP contribution in [0.25, 0.3) is 0 Å². The van der Waals surface area contributed by atoms with Crippen LogP contribution in [0.15, 0.2) is 24.3 Å². The summed E-state index contributed by atoms with van der Waals surface area (Å²) >= 11 is 6.01. The molecule has 3 rings (SSSR count). The molecule has 1 heterocycles. The minimum absolute atomic E-state index is 0. The lowest BCUT2D eigenvalue weighted by Crippen LogP contribution is -2.52. The van der Waals surface area contributed by atoms with E-state index in [4.69, 9.17) is 11.6 Å². The van der Waals surface area contributed by atoms with Crippen molar-refractivity contribution in [1.82, 2.24) is 10.2 Å². The van der Waals surface area contributed by atoms with Gasteiger partial charge in [0.1, 0.15) is 0 Å². The second-order valence-corrected chi connectivity index (χ2v) is 6.02. The van der Waals surface area contributed by atoms with Gasteiger partial charge in [0.25, 0.3) is 0 Å². The predicted octanol–water partition coefficient (Wildman–Crippen LogP) is 2.69. The van der Waals surface area contributed by atoms with Gasteiger partial charge in [-0.3, -0.25) is 4.79 Å². The third-order valence-electron chi connectivity index (χ3n) is 4.17. The van der Waals surface area contributed by atoms with Crippen molar-refractivity contribution in [2.45, 2.75) is 25.3 Å². The van der Waals surface area contributed by atoms with Crippen molar-refractivity contribution in [3.05, 3.63) is 34.9 Å². The average Bonchev–Trinajstić information content (AvgIpc) is 3.19. The van der Waals surface area contributed by atoms with Crippen LogP contribution in [0.2, 0.25) is 5.02 Å². The first-order valence-corrected chi connectivity index (χ1v) is 7.31. The Morgan fingerprint density at radius 3 is 2.95 bits per heavy atom. The largest absolute Gasteiger partial charge is 0.337 e. The Morgan fingerprint density at radius 1 is 1.45 bits per heavy atom. The number of carbonyl (C=O) groups is 1. The first-order chi connectivity index (χ1) is 9.16. The highest BCUT2D eigenvalue weighted by Crippen LogP contribution is 2.49. The lowest BCUT2D eigenvalue weighted by Gasteiger charge is -2.34. The van der Waals surface area contributed by atoms with Gasteiger partial charge in [-0.2, -0.15) is 0 Å². The van der Waals surface area contributed by atoms with E-state index in [1.165, 1.54) is 5.56 Å². The SMILES string of the molecule is C[C@H]1CNCCN1C(=O)C1CC1c1cccc(Cl)c1.Cl. The maximum absolute atomic E-state index is 12.5. The zero-order valence-corrected chi connectivity index (χ0v) is 13.1. The van der Waals surface area contributed by atoms with E-state index in [1.54, 1.807) is 0 Å². The molecule has 110 valence electrons. The summed E-state index contributed by atoms with van der Waals surface area (Å²) in [5.74, 6) is 0.853. The van der Waals surface area contributed by atoms with Crippen LogP contribution >= 0.6 is 24.0 Å². The smallest absolute Gasteiger partial charge is 0.226 e. The summed E-state index contributed by atoms with van der Waals surface area (Å²) in [6.45, 7) is 4.75. The number of halogens is 2. The molecule has 1 aliphatic heterocycles.